The lowest BCUT2D eigenvalue weighted by atomic mass is 9.88. The zero-order valence-corrected chi connectivity index (χ0v) is 78.1. The summed E-state index contributed by atoms with van der Waals surface area (Å²) < 4.78 is 41.2. The monoisotopic (exact) mass is 1660 g/mol. The molecule has 2 N–H and O–H groups in total. The smallest absolute Gasteiger partial charge is 0.330 e. The maximum absolute atomic E-state index is 13.1. The van der Waals surface area contributed by atoms with Gasteiger partial charge in [-0.25, -0.2) is 9.59 Å². The summed E-state index contributed by atoms with van der Waals surface area (Å²) >= 11 is 0. The molecule has 0 amide bonds. The predicted molar refractivity (Wildman–Crippen MR) is 509 cm³/mol. The lowest BCUT2D eigenvalue weighted by Gasteiger charge is -2.25. The van der Waals surface area contributed by atoms with E-state index < -0.39 is 11.9 Å². The van der Waals surface area contributed by atoms with Crippen LogP contribution >= 0.6 is 0 Å². The van der Waals surface area contributed by atoms with Crippen LogP contribution in [0, 0.1) is 0 Å². The molecule has 1 aliphatic rings. The van der Waals surface area contributed by atoms with E-state index in [1.165, 1.54) is 359 Å². The lowest BCUT2D eigenvalue weighted by Crippen LogP contribution is -2.13. The highest BCUT2D eigenvalue weighted by molar-refractivity contribution is 5.81. The molecule has 0 unspecified atom stereocenters. The molecule has 10 nitrogen and oxygen atoms in total. The Morgan fingerprint density at radius 3 is 0.525 bits per heavy atom. The molecule has 0 heterocycles. The molecule has 0 fully saturated rings. The van der Waals surface area contributed by atoms with Crippen LogP contribution in [0.5, 0.6) is 23.0 Å². The van der Waals surface area contributed by atoms with Crippen molar-refractivity contribution in [3.8, 4) is 23.0 Å². The molecular formula is C110H180O10. The molecule has 0 aromatic heterocycles. The van der Waals surface area contributed by atoms with E-state index in [4.69, 9.17) is 28.4 Å². The lowest BCUT2D eigenvalue weighted by molar-refractivity contribution is -0.139. The summed E-state index contributed by atoms with van der Waals surface area (Å²) in [7, 11) is 0. The summed E-state index contributed by atoms with van der Waals surface area (Å²) in [6.45, 7) is 18.5. The van der Waals surface area contributed by atoms with Gasteiger partial charge in [0.25, 0.3) is 0 Å². The van der Waals surface area contributed by atoms with Crippen LogP contribution in [-0.2, 0) is 71.2 Å². The van der Waals surface area contributed by atoms with Gasteiger partial charge in [0.1, 0.15) is 36.2 Å². The van der Waals surface area contributed by atoms with Crippen molar-refractivity contribution in [1.82, 2.24) is 0 Å². The number of esters is 2. The van der Waals surface area contributed by atoms with Crippen LogP contribution in [0.3, 0.4) is 0 Å². The predicted octanol–water partition coefficient (Wildman–Crippen LogP) is 32.4. The molecule has 0 radical (unpaired) electrons. The maximum atomic E-state index is 13.1. The third kappa shape index (κ3) is 49.2. The summed E-state index contributed by atoms with van der Waals surface area (Å²) in [4.78, 5) is 26.2. The molecule has 0 aliphatic heterocycles. The summed E-state index contributed by atoms with van der Waals surface area (Å²) in [5.41, 5.74) is 10.6. The van der Waals surface area contributed by atoms with Crippen LogP contribution in [0.4, 0.5) is 0 Å². The fourth-order valence-corrected chi connectivity index (χ4v) is 18.0. The number of benzene rings is 4. The fourth-order valence-electron chi connectivity index (χ4n) is 18.0. The van der Waals surface area contributed by atoms with Crippen molar-refractivity contribution in [1.29, 1.82) is 0 Å². The van der Waals surface area contributed by atoms with Gasteiger partial charge >= 0.3 is 11.9 Å². The van der Waals surface area contributed by atoms with Crippen LogP contribution in [0.15, 0.2) is 73.8 Å². The number of hydrogen-bond acceptors (Lipinski definition) is 10. The number of ether oxygens (including phenoxy) is 6. The molecule has 0 saturated heterocycles. The number of unbranched alkanes of at least 4 members (excludes halogenated alkanes) is 60. The highest BCUT2D eigenvalue weighted by atomic mass is 16.5. The molecule has 5 rings (SSSR count). The number of carbonyl (C=O) groups is 2. The number of fused-ring (bicyclic) bond motifs is 8. The minimum atomic E-state index is -0.501. The molecule has 120 heavy (non-hydrogen) atoms. The van der Waals surface area contributed by atoms with Crippen molar-refractivity contribution < 1.29 is 48.2 Å². The van der Waals surface area contributed by atoms with Gasteiger partial charge in [-0.2, -0.15) is 0 Å². The normalized spacial score (nSPS) is 12.0. The first-order valence-corrected chi connectivity index (χ1v) is 51.1. The van der Waals surface area contributed by atoms with Crippen molar-refractivity contribution in [3.05, 3.63) is 141 Å². The number of rotatable bonds is 80. The minimum absolute atomic E-state index is 0.0181. The zero-order chi connectivity index (χ0) is 85.4. The fraction of sp³-hybridized carbons (Fsp3) is 0.727. The second kappa shape index (κ2) is 72.7. The first-order valence-electron chi connectivity index (χ1n) is 51.1. The molecule has 0 spiro atoms. The Morgan fingerprint density at radius 2 is 0.383 bits per heavy atom. The van der Waals surface area contributed by atoms with Crippen molar-refractivity contribution in [2.45, 2.75) is 491 Å². The molecule has 4 aromatic rings. The minimum Gasteiger partial charge on any atom is -0.493 e. The van der Waals surface area contributed by atoms with Gasteiger partial charge in [-0.15, -0.1) is 0 Å². The first-order chi connectivity index (χ1) is 59.2. The third-order valence-electron chi connectivity index (χ3n) is 25.2. The number of aliphatic hydroxyl groups excluding tert-OH is 2. The second-order valence-electron chi connectivity index (χ2n) is 36.2. The summed E-state index contributed by atoms with van der Waals surface area (Å²) in [6, 6.07) is 17.0. The van der Waals surface area contributed by atoms with Crippen LogP contribution in [-0.4, -0.2) is 48.6 Å². The van der Waals surface area contributed by atoms with E-state index in [-0.39, 0.29) is 26.4 Å². The van der Waals surface area contributed by atoms with Crippen LogP contribution in [0.1, 0.15) is 505 Å². The van der Waals surface area contributed by atoms with Crippen molar-refractivity contribution in [2.75, 3.05) is 26.4 Å². The highest BCUT2D eigenvalue weighted by Gasteiger charge is 2.26. The van der Waals surface area contributed by atoms with Crippen molar-refractivity contribution >= 4 is 11.9 Å². The Labute approximate surface area is 736 Å². The quantitative estimate of drug-likeness (QED) is 0.0220. The van der Waals surface area contributed by atoms with Crippen molar-refractivity contribution in [2.24, 2.45) is 0 Å². The Bertz CT molecular complexity index is 3010. The Balaban J connectivity index is 1.54. The zero-order valence-electron chi connectivity index (χ0n) is 78.1. The average molecular weight is 1660 g/mol. The van der Waals surface area contributed by atoms with E-state index in [0.717, 1.165) is 154 Å². The Hall–Kier alpha value is -5.58. The number of aliphatic hydroxyl groups is 2. The topological polar surface area (TPSA) is 130 Å². The molecule has 10 heteroatoms. The summed E-state index contributed by atoms with van der Waals surface area (Å²) in [6.07, 6.45) is 86.4. The Kier molecular flexibility index (Phi) is 63.6. The highest BCUT2D eigenvalue weighted by Crippen LogP contribution is 2.42. The van der Waals surface area contributed by atoms with Gasteiger partial charge in [0.2, 0.25) is 0 Å². The van der Waals surface area contributed by atoms with E-state index in [0.29, 0.717) is 52.1 Å². The third-order valence-corrected chi connectivity index (χ3v) is 25.2. The molecular weight excluding hydrogens is 1480 g/mol. The molecule has 8 bridgehead atoms. The van der Waals surface area contributed by atoms with E-state index >= 15 is 0 Å². The van der Waals surface area contributed by atoms with Crippen LogP contribution in [0.25, 0.3) is 0 Å². The SMILES string of the molecule is C=CC(=O)OCc1cc2c(OCCCCCCCCCCCCCCCCCC)c(c1)Cc1cc(COC(=O)C=C)cc(c1OCCCCCCCCCCCCCCCCCC)Cc1cc(CO)cc(c1OCCCCCCCCCCCCCCCCCC)Cc1cc(CO)cc(c1OCCCCCCCCCCCCCCCCCC)C2. The largest absolute Gasteiger partial charge is 0.493 e. The number of hydrogen-bond donors (Lipinski definition) is 2. The number of carbonyl (C=O) groups excluding carboxylic acids is 2. The molecule has 680 valence electrons. The summed E-state index contributed by atoms with van der Waals surface area (Å²) in [5, 5.41) is 22.9. The van der Waals surface area contributed by atoms with Crippen LogP contribution in [0.2, 0.25) is 0 Å². The molecule has 0 atom stereocenters. The molecule has 4 aromatic carbocycles. The Morgan fingerprint density at radius 1 is 0.242 bits per heavy atom. The average Bonchev–Trinajstić information content (AvgIpc) is 0.772. The van der Waals surface area contributed by atoms with Gasteiger partial charge in [-0.1, -0.05) is 426 Å². The van der Waals surface area contributed by atoms with Gasteiger partial charge in [0, 0.05) is 37.8 Å². The van der Waals surface area contributed by atoms with Crippen LogP contribution < -0.4 is 18.9 Å². The maximum Gasteiger partial charge on any atom is 0.330 e. The molecule has 1 aliphatic carbocycles. The standard InChI is InChI=1S/C110H180O10/c1-7-13-17-21-25-29-33-37-41-45-49-53-57-61-65-69-73-115-107-97-77-93(89-111)79-99(107)86-101-81-95(91-119-105(113)11-5)83-103(109(101)117-75-71-67-63-59-55-51-47-43-39-35-31-27-23-19-15-9-3)88-104-84-96(92-120-106(114)12-6)82-102(110(104)118-76-72-68-64-60-56-52-48-44-40-36-32-28-24-20-16-10-4)87-100-80-94(90-112)78-98(85-97)108(100)116-74-70-66-62-58-54-50-46-42-38-34-30-26-22-18-14-8-2/h11-12,77-84,111-112H,5-10,13-76,85-92H2,1-4H3. The molecule has 0 saturated carbocycles. The summed E-state index contributed by atoms with van der Waals surface area (Å²) in [5.74, 6) is 2.14. The van der Waals surface area contributed by atoms with Gasteiger partial charge < -0.3 is 38.6 Å². The van der Waals surface area contributed by atoms with Gasteiger partial charge in [0.15, 0.2) is 0 Å². The van der Waals surface area contributed by atoms with Gasteiger partial charge in [-0.3, -0.25) is 0 Å². The first kappa shape index (κ1) is 105. The van der Waals surface area contributed by atoms with E-state index in [2.05, 4.69) is 89.4 Å². The van der Waals surface area contributed by atoms with E-state index in [1.54, 1.807) is 0 Å². The van der Waals surface area contributed by atoms with Crippen molar-refractivity contribution in [3.63, 3.8) is 0 Å². The van der Waals surface area contributed by atoms with E-state index in [9.17, 15) is 19.8 Å². The van der Waals surface area contributed by atoms with E-state index in [1.807, 2.05) is 0 Å². The van der Waals surface area contributed by atoms with Gasteiger partial charge in [-0.05, 0) is 141 Å². The second-order valence-corrected chi connectivity index (χ2v) is 36.2. The van der Waals surface area contributed by atoms with Gasteiger partial charge in [0.05, 0.1) is 39.6 Å².